The zero-order valence-electron chi connectivity index (χ0n) is 15.9. The zero-order chi connectivity index (χ0) is 21.0. The lowest BCUT2D eigenvalue weighted by Gasteiger charge is -2.12. The van der Waals surface area contributed by atoms with Crippen molar-refractivity contribution < 1.29 is 13.2 Å². The monoisotopic (exact) mass is 433 g/mol. The van der Waals surface area contributed by atoms with Crippen molar-refractivity contribution in [3.8, 4) is 17.0 Å². The van der Waals surface area contributed by atoms with Crippen molar-refractivity contribution in [1.82, 2.24) is 14.5 Å². The van der Waals surface area contributed by atoms with Gasteiger partial charge < -0.3 is 4.74 Å². The molecule has 0 saturated carbocycles. The number of hydrogen-bond acceptors (Lipinski definition) is 5. The Hall–Kier alpha value is -2.68. The van der Waals surface area contributed by atoms with Gasteiger partial charge in [0, 0.05) is 18.2 Å². The van der Waals surface area contributed by atoms with Crippen molar-refractivity contribution in [3.63, 3.8) is 0 Å². The van der Waals surface area contributed by atoms with E-state index in [9.17, 15) is 13.2 Å². The normalized spacial score (nSPS) is 11.4. The van der Waals surface area contributed by atoms with E-state index < -0.39 is 10.0 Å². The van der Waals surface area contributed by atoms with E-state index in [0.717, 1.165) is 5.56 Å². The molecule has 0 fully saturated rings. The summed E-state index contributed by atoms with van der Waals surface area (Å²) >= 11 is 6.06. The average molecular weight is 434 g/mol. The van der Waals surface area contributed by atoms with E-state index in [2.05, 4.69) is 9.82 Å². The molecule has 0 atom stereocenters. The van der Waals surface area contributed by atoms with Crippen LogP contribution in [0.2, 0.25) is 5.02 Å². The lowest BCUT2D eigenvalue weighted by Crippen LogP contribution is -2.32. The van der Waals surface area contributed by atoms with Crippen LogP contribution in [0.5, 0.6) is 5.75 Å². The maximum atomic E-state index is 12.7. The van der Waals surface area contributed by atoms with Crippen LogP contribution in [0.1, 0.15) is 5.56 Å². The Morgan fingerprint density at radius 3 is 2.55 bits per heavy atom. The number of hydrogen-bond donors (Lipinski definition) is 1. The molecule has 152 valence electrons. The largest absolute Gasteiger partial charge is 0.495 e. The van der Waals surface area contributed by atoms with Gasteiger partial charge >= 0.3 is 0 Å². The molecule has 0 aliphatic rings. The highest BCUT2D eigenvalue weighted by molar-refractivity contribution is 7.89. The van der Waals surface area contributed by atoms with E-state index >= 15 is 0 Å². The van der Waals surface area contributed by atoms with Crippen LogP contribution in [0.4, 0.5) is 0 Å². The Balaban J connectivity index is 1.76. The summed E-state index contributed by atoms with van der Waals surface area (Å²) in [6, 6.07) is 15.4. The first-order chi connectivity index (χ1) is 13.8. The van der Waals surface area contributed by atoms with Gasteiger partial charge in [0.2, 0.25) is 10.0 Å². The minimum Gasteiger partial charge on any atom is -0.495 e. The third-order valence-electron chi connectivity index (χ3n) is 4.29. The third-order valence-corrected chi connectivity index (χ3v) is 6.19. The van der Waals surface area contributed by atoms with Crippen LogP contribution in [0.3, 0.4) is 0 Å². The number of nitrogens with zero attached hydrogens (tertiary/aromatic N) is 2. The molecule has 0 saturated heterocycles. The molecule has 1 heterocycles. The number of rotatable bonds is 7. The average Bonchev–Trinajstić information content (AvgIpc) is 2.71. The van der Waals surface area contributed by atoms with Crippen molar-refractivity contribution >= 4 is 21.6 Å². The smallest absolute Gasteiger partial charge is 0.266 e. The number of ether oxygens (including phenoxy) is 1. The number of aromatic nitrogens is 2. The first-order valence-corrected chi connectivity index (χ1v) is 10.7. The van der Waals surface area contributed by atoms with E-state index in [4.69, 9.17) is 16.3 Å². The molecule has 29 heavy (non-hydrogen) atoms. The fourth-order valence-electron chi connectivity index (χ4n) is 2.82. The highest BCUT2D eigenvalue weighted by Gasteiger charge is 2.19. The first-order valence-electron chi connectivity index (χ1n) is 8.79. The highest BCUT2D eigenvalue weighted by atomic mass is 35.5. The second-order valence-corrected chi connectivity index (χ2v) is 8.44. The Kier molecular flexibility index (Phi) is 6.36. The lowest BCUT2D eigenvalue weighted by molar-refractivity contribution is 0.414. The molecule has 3 aromatic rings. The van der Waals surface area contributed by atoms with Gasteiger partial charge in [-0.2, -0.15) is 5.10 Å². The van der Waals surface area contributed by atoms with E-state index in [0.29, 0.717) is 17.0 Å². The SMILES string of the molecule is COc1cc(C)c(S(=O)(=O)NCCn2nc(-c3ccccc3)ccc2=O)cc1Cl. The predicted molar refractivity (Wildman–Crippen MR) is 112 cm³/mol. The predicted octanol–water partition coefficient (Wildman–Crippen LogP) is 2.86. The van der Waals surface area contributed by atoms with E-state index in [1.54, 1.807) is 19.1 Å². The van der Waals surface area contributed by atoms with Gasteiger partial charge in [-0.05, 0) is 30.7 Å². The molecule has 7 nitrogen and oxygen atoms in total. The molecule has 0 bridgehead atoms. The van der Waals surface area contributed by atoms with Gasteiger partial charge in [-0.25, -0.2) is 17.8 Å². The number of halogens is 1. The molecule has 9 heteroatoms. The molecule has 1 aromatic heterocycles. The molecule has 1 N–H and O–H groups in total. The summed E-state index contributed by atoms with van der Waals surface area (Å²) in [6.45, 7) is 1.74. The van der Waals surface area contributed by atoms with Crippen molar-refractivity contribution in [1.29, 1.82) is 0 Å². The maximum Gasteiger partial charge on any atom is 0.266 e. The Labute approximate surface area is 174 Å². The summed E-state index contributed by atoms with van der Waals surface area (Å²) in [5.74, 6) is 0.400. The second kappa shape index (κ2) is 8.77. The van der Waals surface area contributed by atoms with Crippen molar-refractivity contribution in [2.24, 2.45) is 0 Å². The number of sulfonamides is 1. The summed E-state index contributed by atoms with van der Waals surface area (Å²) in [6.07, 6.45) is 0. The van der Waals surface area contributed by atoms with E-state index in [-0.39, 0.29) is 28.6 Å². The molecule has 0 unspecified atom stereocenters. The lowest BCUT2D eigenvalue weighted by atomic mass is 10.1. The van der Waals surface area contributed by atoms with Gasteiger partial charge in [-0.15, -0.1) is 0 Å². The van der Waals surface area contributed by atoms with Gasteiger partial charge in [0.1, 0.15) is 5.75 Å². The molecule has 2 aromatic carbocycles. The standard InChI is InChI=1S/C20H20ClN3O4S/c1-14-12-18(28-2)16(21)13-19(14)29(26,27)22-10-11-24-20(25)9-8-17(23-24)15-6-4-3-5-7-15/h3-9,12-13,22H,10-11H2,1-2H3. The summed E-state index contributed by atoms with van der Waals surface area (Å²) < 4.78 is 34.1. The van der Waals surface area contributed by atoms with Crippen molar-refractivity contribution in [2.75, 3.05) is 13.7 Å². The number of methoxy groups -OCH3 is 1. The van der Waals surface area contributed by atoms with Gasteiger partial charge in [0.05, 0.1) is 29.3 Å². The van der Waals surface area contributed by atoms with Gasteiger partial charge in [-0.1, -0.05) is 41.9 Å². The Morgan fingerprint density at radius 1 is 1.14 bits per heavy atom. The van der Waals surface area contributed by atoms with Crippen LogP contribution in [0.25, 0.3) is 11.3 Å². The maximum absolute atomic E-state index is 12.7. The summed E-state index contributed by atoms with van der Waals surface area (Å²) in [7, 11) is -2.36. The molecule has 0 aliphatic heterocycles. The quantitative estimate of drug-likeness (QED) is 0.618. The fraction of sp³-hybridized carbons (Fsp3) is 0.200. The third kappa shape index (κ3) is 4.84. The molecule has 3 rings (SSSR count). The van der Waals surface area contributed by atoms with Crippen LogP contribution < -0.4 is 15.0 Å². The number of nitrogens with one attached hydrogen (secondary N) is 1. The first kappa shape index (κ1) is 21.0. The van der Waals surface area contributed by atoms with Crippen LogP contribution >= 0.6 is 11.6 Å². The van der Waals surface area contributed by atoms with E-state index in [1.165, 1.54) is 23.9 Å². The van der Waals surface area contributed by atoms with Crippen LogP contribution in [-0.4, -0.2) is 31.9 Å². The van der Waals surface area contributed by atoms with Crippen molar-refractivity contribution in [2.45, 2.75) is 18.4 Å². The molecule has 0 spiro atoms. The summed E-state index contributed by atoms with van der Waals surface area (Å²) in [4.78, 5) is 12.1. The molecule has 0 radical (unpaired) electrons. The highest BCUT2D eigenvalue weighted by Crippen LogP contribution is 2.30. The van der Waals surface area contributed by atoms with E-state index in [1.807, 2.05) is 30.3 Å². The molecular weight excluding hydrogens is 414 g/mol. The van der Waals surface area contributed by atoms with Gasteiger partial charge in [0.25, 0.3) is 5.56 Å². The topological polar surface area (TPSA) is 90.3 Å². The number of benzene rings is 2. The Bertz CT molecular complexity index is 1180. The minimum absolute atomic E-state index is 0.00340. The Morgan fingerprint density at radius 2 is 1.86 bits per heavy atom. The summed E-state index contributed by atoms with van der Waals surface area (Å²) in [5.41, 5.74) is 1.68. The van der Waals surface area contributed by atoms with Gasteiger partial charge in [-0.3, -0.25) is 4.79 Å². The van der Waals surface area contributed by atoms with Crippen LogP contribution in [0.15, 0.2) is 64.3 Å². The molecular formula is C20H20ClN3O4S. The zero-order valence-corrected chi connectivity index (χ0v) is 17.5. The molecule has 0 aliphatic carbocycles. The van der Waals surface area contributed by atoms with Crippen LogP contribution in [0, 0.1) is 6.92 Å². The molecule has 0 amide bonds. The van der Waals surface area contributed by atoms with Crippen LogP contribution in [-0.2, 0) is 16.6 Å². The van der Waals surface area contributed by atoms with Gasteiger partial charge in [0.15, 0.2) is 0 Å². The summed E-state index contributed by atoms with van der Waals surface area (Å²) in [5, 5.41) is 4.52. The minimum atomic E-state index is -3.82. The fourth-order valence-corrected chi connectivity index (χ4v) is 4.40. The second-order valence-electron chi connectivity index (χ2n) is 6.30. The van der Waals surface area contributed by atoms with Crippen molar-refractivity contribution in [3.05, 3.63) is 75.5 Å². The number of aryl methyl sites for hydroxylation is 1.